The van der Waals surface area contributed by atoms with Gasteiger partial charge in [-0.15, -0.1) is 11.3 Å². The molecule has 0 fully saturated rings. The standard InChI is InChI=1S/C13H14N2OS/c1-8-6-14-11-4-3-10(5-13(11)16-8)12-7-17-9(2)15-12/h3-5,7-8,14H,6H2,1-2H3. The average Bonchev–Trinajstić information content (AvgIpc) is 2.75. The Kier molecular flexibility index (Phi) is 2.52. The molecule has 0 radical (unpaired) electrons. The number of nitrogens with zero attached hydrogens (tertiary/aromatic N) is 1. The zero-order valence-corrected chi connectivity index (χ0v) is 10.7. The van der Waals surface area contributed by atoms with Crippen LogP contribution in [0.3, 0.4) is 0 Å². The maximum Gasteiger partial charge on any atom is 0.143 e. The van der Waals surface area contributed by atoms with Gasteiger partial charge in [-0.3, -0.25) is 0 Å². The van der Waals surface area contributed by atoms with Crippen molar-refractivity contribution in [1.82, 2.24) is 4.98 Å². The molecular formula is C13H14N2OS. The molecule has 17 heavy (non-hydrogen) atoms. The largest absolute Gasteiger partial charge is 0.487 e. The number of nitrogens with one attached hydrogen (secondary N) is 1. The van der Waals surface area contributed by atoms with Crippen LogP contribution in [0.2, 0.25) is 0 Å². The van der Waals surface area contributed by atoms with Crippen LogP contribution in [-0.4, -0.2) is 17.6 Å². The molecule has 1 aromatic carbocycles. The van der Waals surface area contributed by atoms with Crippen LogP contribution in [0.25, 0.3) is 11.3 Å². The number of benzene rings is 1. The third-order valence-electron chi connectivity index (χ3n) is 2.80. The van der Waals surface area contributed by atoms with E-state index in [0.717, 1.165) is 34.2 Å². The van der Waals surface area contributed by atoms with E-state index in [2.05, 4.69) is 40.8 Å². The first-order valence-corrected chi connectivity index (χ1v) is 6.57. The van der Waals surface area contributed by atoms with E-state index in [1.807, 2.05) is 6.92 Å². The van der Waals surface area contributed by atoms with E-state index >= 15 is 0 Å². The van der Waals surface area contributed by atoms with E-state index < -0.39 is 0 Å². The number of thiazole rings is 1. The molecule has 1 aromatic heterocycles. The fourth-order valence-corrected chi connectivity index (χ4v) is 2.56. The van der Waals surface area contributed by atoms with Crippen molar-refractivity contribution in [1.29, 1.82) is 0 Å². The Hall–Kier alpha value is -1.55. The predicted octanol–water partition coefficient (Wildman–Crippen LogP) is 3.31. The Morgan fingerprint density at radius 2 is 2.35 bits per heavy atom. The van der Waals surface area contributed by atoms with Gasteiger partial charge in [0.05, 0.1) is 22.9 Å². The first-order valence-electron chi connectivity index (χ1n) is 5.69. The van der Waals surface area contributed by atoms with E-state index in [9.17, 15) is 0 Å². The monoisotopic (exact) mass is 246 g/mol. The minimum Gasteiger partial charge on any atom is -0.487 e. The number of hydrogen-bond acceptors (Lipinski definition) is 4. The Bertz CT molecular complexity index is 550. The van der Waals surface area contributed by atoms with Crippen molar-refractivity contribution in [2.45, 2.75) is 20.0 Å². The second-order valence-corrected chi connectivity index (χ2v) is 5.33. The first kappa shape index (κ1) is 10.6. The van der Waals surface area contributed by atoms with Crippen LogP contribution in [0, 0.1) is 6.92 Å². The maximum absolute atomic E-state index is 5.81. The summed E-state index contributed by atoms with van der Waals surface area (Å²) >= 11 is 1.67. The molecule has 1 unspecified atom stereocenters. The summed E-state index contributed by atoms with van der Waals surface area (Å²) in [7, 11) is 0. The zero-order chi connectivity index (χ0) is 11.8. The summed E-state index contributed by atoms with van der Waals surface area (Å²) < 4.78 is 5.81. The fraction of sp³-hybridized carbons (Fsp3) is 0.308. The topological polar surface area (TPSA) is 34.1 Å². The van der Waals surface area contributed by atoms with Crippen LogP contribution in [0.1, 0.15) is 11.9 Å². The molecule has 2 heterocycles. The number of rotatable bonds is 1. The molecule has 0 bridgehead atoms. The molecule has 3 nitrogen and oxygen atoms in total. The summed E-state index contributed by atoms with van der Waals surface area (Å²) in [6.45, 7) is 4.95. The van der Waals surface area contributed by atoms with Gasteiger partial charge in [-0.25, -0.2) is 4.98 Å². The highest BCUT2D eigenvalue weighted by Gasteiger charge is 2.16. The van der Waals surface area contributed by atoms with Gasteiger partial charge in [0.15, 0.2) is 0 Å². The third kappa shape index (κ3) is 2.00. The minimum absolute atomic E-state index is 0.218. The van der Waals surface area contributed by atoms with Gasteiger partial charge >= 0.3 is 0 Å². The summed E-state index contributed by atoms with van der Waals surface area (Å²) in [6.07, 6.45) is 0.218. The van der Waals surface area contributed by atoms with Crippen LogP contribution < -0.4 is 10.1 Å². The van der Waals surface area contributed by atoms with Crippen molar-refractivity contribution in [2.24, 2.45) is 0 Å². The summed E-state index contributed by atoms with van der Waals surface area (Å²) in [5.41, 5.74) is 3.21. The van der Waals surface area contributed by atoms with Gasteiger partial charge in [-0.05, 0) is 26.0 Å². The average molecular weight is 246 g/mol. The maximum atomic E-state index is 5.81. The van der Waals surface area contributed by atoms with Crippen LogP contribution in [0.4, 0.5) is 5.69 Å². The number of hydrogen-bond donors (Lipinski definition) is 1. The zero-order valence-electron chi connectivity index (χ0n) is 9.86. The molecule has 0 saturated heterocycles. The number of aryl methyl sites for hydroxylation is 1. The van der Waals surface area contributed by atoms with E-state index in [1.165, 1.54) is 0 Å². The Labute approximate surface area is 104 Å². The van der Waals surface area contributed by atoms with Gasteiger partial charge in [0, 0.05) is 10.9 Å². The van der Waals surface area contributed by atoms with Gasteiger partial charge in [-0.2, -0.15) is 0 Å². The molecule has 0 spiro atoms. The summed E-state index contributed by atoms with van der Waals surface area (Å²) in [5.74, 6) is 0.923. The molecule has 1 aliphatic heterocycles. The molecule has 0 amide bonds. The van der Waals surface area contributed by atoms with Crippen LogP contribution >= 0.6 is 11.3 Å². The lowest BCUT2D eigenvalue weighted by Gasteiger charge is -2.25. The smallest absolute Gasteiger partial charge is 0.143 e. The molecule has 4 heteroatoms. The number of ether oxygens (including phenoxy) is 1. The molecule has 3 rings (SSSR count). The number of aromatic nitrogens is 1. The molecule has 1 N–H and O–H groups in total. The molecule has 1 aliphatic rings. The predicted molar refractivity (Wildman–Crippen MR) is 70.9 cm³/mol. The van der Waals surface area contributed by atoms with Crippen molar-refractivity contribution < 1.29 is 4.74 Å². The highest BCUT2D eigenvalue weighted by Crippen LogP contribution is 2.33. The Morgan fingerprint density at radius 1 is 1.47 bits per heavy atom. The van der Waals surface area contributed by atoms with Gasteiger partial charge in [0.2, 0.25) is 0 Å². The van der Waals surface area contributed by atoms with Crippen molar-refractivity contribution in [3.8, 4) is 17.0 Å². The van der Waals surface area contributed by atoms with Gasteiger partial charge in [-0.1, -0.05) is 6.07 Å². The minimum atomic E-state index is 0.218. The highest BCUT2D eigenvalue weighted by atomic mass is 32.1. The van der Waals surface area contributed by atoms with E-state index in [-0.39, 0.29) is 6.10 Å². The molecule has 2 aromatic rings. The summed E-state index contributed by atoms with van der Waals surface area (Å²) in [5, 5.41) is 6.52. The van der Waals surface area contributed by atoms with E-state index in [4.69, 9.17) is 4.74 Å². The van der Waals surface area contributed by atoms with Crippen molar-refractivity contribution in [2.75, 3.05) is 11.9 Å². The van der Waals surface area contributed by atoms with Crippen molar-refractivity contribution >= 4 is 17.0 Å². The summed E-state index contributed by atoms with van der Waals surface area (Å²) in [6, 6.07) is 6.21. The third-order valence-corrected chi connectivity index (χ3v) is 3.58. The van der Waals surface area contributed by atoms with Gasteiger partial charge in [0.25, 0.3) is 0 Å². The second-order valence-electron chi connectivity index (χ2n) is 4.27. The second kappa shape index (κ2) is 4.04. The molecule has 1 atom stereocenters. The molecule has 0 aliphatic carbocycles. The summed E-state index contributed by atoms with van der Waals surface area (Å²) in [4.78, 5) is 4.49. The quantitative estimate of drug-likeness (QED) is 0.838. The lowest BCUT2D eigenvalue weighted by Crippen LogP contribution is -2.27. The van der Waals surface area contributed by atoms with E-state index in [0.29, 0.717) is 0 Å². The van der Waals surface area contributed by atoms with Crippen molar-refractivity contribution in [3.63, 3.8) is 0 Å². The lowest BCUT2D eigenvalue weighted by molar-refractivity contribution is 0.226. The van der Waals surface area contributed by atoms with Crippen LogP contribution in [0.5, 0.6) is 5.75 Å². The van der Waals surface area contributed by atoms with Gasteiger partial charge in [0.1, 0.15) is 11.9 Å². The highest BCUT2D eigenvalue weighted by molar-refractivity contribution is 7.09. The lowest BCUT2D eigenvalue weighted by atomic mass is 10.1. The fourth-order valence-electron chi connectivity index (χ4n) is 1.93. The van der Waals surface area contributed by atoms with Crippen LogP contribution in [0.15, 0.2) is 23.6 Å². The Balaban J connectivity index is 2.00. The van der Waals surface area contributed by atoms with Crippen molar-refractivity contribution in [3.05, 3.63) is 28.6 Å². The Morgan fingerprint density at radius 3 is 3.12 bits per heavy atom. The van der Waals surface area contributed by atoms with Gasteiger partial charge < -0.3 is 10.1 Å². The molecule has 0 saturated carbocycles. The SMILES string of the molecule is Cc1nc(-c2ccc3c(c2)OC(C)CN3)cs1. The normalized spacial score (nSPS) is 18.1. The molecular weight excluding hydrogens is 232 g/mol. The van der Waals surface area contributed by atoms with E-state index in [1.54, 1.807) is 11.3 Å². The molecule has 88 valence electrons. The first-order chi connectivity index (χ1) is 8.22. The number of fused-ring (bicyclic) bond motifs is 1. The van der Waals surface area contributed by atoms with Crippen LogP contribution in [-0.2, 0) is 0 Å². The number of anilines is 1.